The molecular formula is C26H26ClN3O6S. The average molecular weight is 544 g/mol. The predicted molar refractivity (Wildman–Crippen MR) is 139 cm³/mol. The monoisotopic (exact) mass is 543 g/mol. The molecule has 2 aromatic carbocycles. The lowest BCUT2D eigenvalue weighted by molar-refractivity contribution is -0.00341. The molecule has 1 N–H and O–H groups in total. The van der Waals surface area contributed by atoms with Crippen molar-refractivity contribution in [1.29, 1.82) is 0 Å². The third-order valence-corrected chi connectivity index (χ3v) is 7.96. The van der Waals surface area contributed by atoms with Gasteiger partial charge in [-0.3, -0.25) is 9.71 Å². The smallest absolute Gasteiger partial charge is 0.410 e. The molecule has 3 heterocycles. The number of aromatic nitrogens is 1. The molecule has 9 nitrogen and oxygen atoms in total. The molecule has 0 spiro atoms. The van der Waals surface area contributed by atoms with Gasteiger partial charge in [0.05, 0.1) is 26.7 Å². The van der Waals surface area contributed by atoms with Crippen LogP contribution in [0.3, 0.4) is 0 Å². The Bertz CT molecular complexity index is 1530. The Morgan fingerprint density at radius 3 is 2.54 bits per heavy atom. The molecule has 0 radical (unpaired) electrons. The van der Waals surface area contributed by atoms with Gasteiger partial charge >= 0.3 is 12.1 Å². The van der Waals surface area contributed by atoms with Crippen LogP contribution in [0.5, 0.6) is 0 Å². The normalized spacial score (nSPS) is 16.9. The summed E-state index contributed by atoms with van der Waals surface area (Å²) in [6, 6.07) is 9.48. The van der Waals surface area contributed by atoms with Gasteiger partial charge in [0.2, 0.25) is 0 Å². The van der Waals surface area contributed by atoms with Crippen LogP contribution in [0, 0.1) is 0 Å². The van der Waals surface area contributed by atoms with Gasteiger partial charge in [-0.25, -0.2) is 18.0 Å². The minimum atomic E-state index is -3.89. The summed E-state index contributed by atoms with van der Waals surface area (Å²) in [7, 11) is -3.89. The minimum Gasteiger partial charge on any atom is -0.459 e. The Morgan fingerprint density at radius 1 is 1.11 bits per heavy atom. The topological polar surface area (TPSA) is 115 Å². The summed E-state index contributed by atoms with van der Waals surface area (Å²) >= 11 is 6.49. The highest BCUT2D eigenvalue weighted by Crippen LogP contribution is 2.45. The molecule has 1 aromatic heterocycles. The van der Waals surface area contributed by atoms with Crippen LogP contribution in [0.2, 0.25) is 5.02 Å². The fourth-order valence-corrected chi connectivity index (χ4v) is 6.06. The van der Waals surface area contributed by atoms with Crippen molar-refractivity contribution in [1.82, 2.24) is 9.88 Å². The number of likely N-dealkylation sites (tertiary alicyclic amines) is 1. The standard InChI is InChI=1S/C26H26ClN3O6S/c1-26(2,3)36-25(32)30-11-8-16(9-12-30)35-24(31)15-6-7-21-18(13-15)19-14-20(27)17-5-4-10-28-22(17)23(19)29-37(21,33)34/h4-7,10,13-14,16,29H,8-9,11-12H2,1-3H3. The second kappa shape index (κ2) is 9.18. The average Bonchev–Trinajstić information content (AvgIpc) is 2.84. The second-order valence-corrected chi connectivity index (χ2v) is 12.1. The van der Waals surface area contributed by atoms with Crippen molar-refractivity contribution >= 4 is 50.3 Å². The Labute approximate surface area is 219 Å². The van der Waals surface area contributed by atoms with Gasteiger partial charge in [0, 0.05) is 48.6 Å². The molecule has 194 valence electrons. The molecule has 1 fully saturated rings. The second-order valence-electron chi connectivity index (χ2n) is 10.1. The van der Waals surface area contributed by atoms with E-state index >= 15 is 0 Å². The van der Waals surface area contributed by atoms with Crippen molar-refractivity contribution in [2.24, 2.45) is 0 Å². The van der Waals surface area contributed by atoms with Gasteiger partial charge in [-0.2, -0.15) is 0 Å². The Morgan fingerprint density at radius 2 is 1.84 bits per heavy atom. The Kier molecular flexibility index (Phi) is 6.27. The van der Waals surface area contributed by atoms with E-state index in [4.69, 9.17) is 21.1 Å². The van der Waals surface area contributed by atoms with Gasteiger partial charge in [0.25, 0.3) is 10.0 Å². The van der Waals surface area contributed by atoms with Crippen molar-refractivity contribution in [3.63, 3.8) is 0 Å². The van der Waals surface area contributed by atoms with Gasteiger partial charge in [0.15, 0.2) is 0 Å². The zero-order valence-electron chi connectivity index (χ0n) is 20.6. The first-order valence-corrected chi connectivity index (χ1v) is 13.7. The van der Waals surface area contributed by atoms with Crippen molar-refractivity contribution in [2.45, 2.75) is 50.2 Å². The number of fused-ring (bicyclic) bond motifs is 5. The molecule has 0 saturated carbocycles. The molecule has 37 heavy (non-hydrogen) atoms. The Balaban J connectivity index is 1.38. The van der Waals surface area contributed by atoms with Crippen molar-refractivity contribution in [2.75, 3.05) is 17.8 Å². The molecule has 0 bridgehead atoms. The number of esters is 1. The van der Waals surface area contributed by atoms with Crippen molar-refractivity contribution < 1.29 is 27.5 Å². The number of benzene rings is 2. The number of nitrogens with one attached hydrogen (secondary N) is 1. The summed E-state index contributed by atoms with van der Waals surface area (Å²) in [5.41, 5.74) is 1.24. The highest BCUT2D eigenvalue weighted by Gasteiger charge is 2.32. The number of anilines is 1. The van der Waals surface area contributed by atoms with Gasteiger partial charge in [-0.15, -0.1) is 0 Å². The van der Waals surface area contributed by atoms with E-state index in [-0.39, 0.29) is 22.7 Å². The summed E-state index contributed by atoms with van der Waals surface area (Å²) < 4.78 is 39.7. The lowest BCUT2D eigenvalue weighted by Gasteiger charge is -2.33. The summed E-state index contributed by atoms with van der Waals surface area (Å²) in [5.74, 6) is -0.569. The third kappa shape index (κ3) is 4.95. The number of rotatable bonds is 2. The number of nitrogens with zero attached hydrogens (tertiary/aromatic N) is 2. The number of amides is 1. The molecule has 1 amide bonds. The number of pyridine rings is 1. The fraction of sp³-hybridized carbons (Fsp3) is 0.346. The van der Waals surface area contributed by atoms with E-state index in [2.05, 4.69) is 9.71 Å². The van der Waals surface area contributed by atoms with Gasteiger partial charge in [0.1, 0.15) is 11.7 Å². The molecule has 1 saturated heterocycles. The number of ether oxygens (including phenoxy) is 2. The van der Waals surface area contributed by atoms with E-state index in [1.807, 2.05) is 20.8 Å². The van der Waals surface area contributed by atoms with Crippen LogP contribution in [0.15, 0.2) is 47.5 Å². The number of halogens is 1. The number of piperidine rings is 1. The summed E-state index contributed by atoms with van der Waals surface area (Å²) in [6.45, 7) is 6.25. The molecule has 3 aromatic rings. The molecule has 5 rings (SSSR count). The highest BCUT2D eigenvalue weighted by molar-refractivity contribution is 7.93. The number of sulfonamides is 1. The zero-order valence-corrected chi connectivity index (χ0v) is 22.1. The first-order chi connectivity index (χ1) is 17.4. The van der Waals surface area contributed by atoms with Gasteiger partial charge in [-0.1, -0.05) is 11.6 Å². The third-order valence-electron chi connectivity index (χ3n) is 6.24. The Hall–Kier alpha value is -3.37. The minimum absolute atomic E-state index is 0.0357. The largest absolute Gasteiger partial charge is 0.459 e. The molecule has 2 aliphatic heterocycles. The maximum absolute atomic E-state index is 13.0. The predicted octanol–water partition coefficient (Wildman–Crippen LogP) is 5.23. The van der Waals surface area contributed by atoms with Gasteiger partial charge in [-0.05, 0) is 57.2 Å². The van der Waals surface area contributed by atoms with Crippen LogP contribution in [0.1, 0.15) is 44.0 Å². The number of hydrogen-bond acceptors (Lipinski definition) is 7. The molecule has 11 heteroatoms. The van der Waals surface area contributed by atoms with Crippen LogP contribution in [0.4, 0.5) is 10.5 Å². The highest BCUT2D eigenvalue weighted by atomic mass is 35.5. The van der Waals surface area contributed by atoms with E-state index in [0.717, 1.165) is 0 Å². The number of hydrogen-bond donors (Lipinski definition) is 1. The quantitative estimate of drug-likeness (QED) is 0.440. The summed E-state index contributed by atoms with van der Waals surface area (Å²) in [6.07, 6.45) is 1.75. The maximum Gasteiger partial charge on any atom is 0.410 e. The van der Waals surface area contributed by atoms with E-state index in [1.165, 1.54) is 18.2 Å². The van der Waals surface area contributed by atoms with Crippen LogP contribution >= 0.6 is 11.6 Å². The van der Waals surface area contributed by atoms with Crippen molar-refractivity contribution in [3.8, 4) is 11.1 Å². The van der Waals surface area contributed by atoms with Gasteiger partial charge < -0.3 is 14.4 Å². The fourth-order valence-electron chi connectivity index (χ4n) is 4.51. The lowest BCUT2D eigenvalue weighted by atomic mass is 9.99. The lowest BCUT2D eigenvalue weighted by Crippen LogP contribution is -2.43. The van der Waals surface area contributed by atoms with Crippen molar-refractivity contribution in [3.05, 3.63) is 53.2 Å². The molecule has 0 atom stereocenters. The molecule has 2 aliphatic rings. The molecular weight excluding hydrogens is 518 g/mol. The first kappa shape index (κ1) is 25.3. The first-order valence-electron chi connectivity index (χ1n) is 11.9. The van der Waals surface area contributed by atoms with Crippen LogP contribution in [0.25, 0.3) is 22.0 Å². The zero-order chi connectivity index (χ0) is 26.5. The van der Waals surface area contributed by atoms with Crippen LogP contribution in [-0.2, 0) is 19.5 Å². The summed E-state index contributed by atoms with van der Waals surface area (Å²) in [5, 5.41) is 1.03. The van der Waals surface area contributed by atoms with E-state index in [9.17, 15) is 18.0 Å². The molecule has 0 unspecified atom stereocenters. The van der Waals surface area contributed by atoms with E-state index in [1.54, 1.807) is 29.3 Å². The van der Waals surface area contributed by atoms with Crippen LogP contribution in [-0.4, -0.2) is 55.2 Å². The maximum atomic E-state index is 13.0. The van der Waals surface area contributed by atoms with E-state index < -0.39 is 21.6 Å². The van der Waals surface area contributed by atoms with E-state index in [0.29, 0.717) is 58.7 Å². The van der Waals surface area contributed by atoms with Crippen LogP contribution < -0.4 is 4.72 Å². The number of carbonyl (C=O) groups excluding carboxylic acids is 2. The molecule has 0 aliphatic carbocycles. The SMILES string of the molecule is CC(C)(C)OC(=O)N1CCC(OC(=O)c2ccc3c(c2)-c2cc(Cl)c4cccnc4c2NS3(=O)=O)CC1. The summed E-state index contributed by atoms with van der Waals surface area (Å²) in [4.78, 5) is 31.3. The number of carbonyl (C=O) groups is 2.